The Balaban J connectivity index is 4.15. The van der Waals surface area contributed by atoms with E-state index in [4.69, 9.17) is 14.2 Å². The minimum atomic E-state index is -0.773. The molecule has 0 aromatic heterocycles. The Bertz CT molecular complexity index is 1400. The van der Waals surface area contributed by atoms with E-state index in [1.165, 1.54) is 270 Å². The number of allylic oxidation sites excluding steroid dienone is 8. The lowest BCUT2D eigenvalue weighted by atomic mass is 10.0. The van der Waals surface area contributed by atoms with Crippen LogP contribution in [-0.4, -0.2) is 37.2 Å². The van der Waals surface area contributed by atoms with Crippen molar-refractivity contribution in [3.8, 4) is 0 Å². The predicted octanol–water partition coefficient (Wildman–Crippen LogP) is 24.9. The smallest absolute Gasteiger partial charge is 0.306 e. The molecule has 0 rings (SSSR count). The Hall–Kier alpha value is -2.63. The summed E-state index contributed by atoms with van der Waals surface area (Å²) in [7, 11) is 0. The van der Waals surface area contributed by atoms with Gasteiger partial charge in [-0.2, -0.15) is 0 Å². The molecule has 0 aromatic rings. The van der Waals surface area contributed by atoms with Crippen LogP contribution < -0.4 is 0 Å². The summed E-state index contributed by atoms with van der Waals surface area (Å²) in [5, 5.41) is 0. The van der Waals surface area contributed by atoms with Crippen LogP contribution in [0.25, 0.3) is 0 Å². The molecule has 0 N–H and O–H groups in total. The molecule has 0 saturated carbocycles. The van der Waals surface area contributed by atoms with Gasteiger partial charge in [0.15, 0.2) is 6.10 Å². The molecule has 0 aliphatic rings. The fourth-order valence-corrected chi connectivity index (χ4v) is 11.0. The Morgan fingerprint density at radius 3 is 0.753 bits per heavy atom. The van der Waals surface area contributed by atoms with Crippen LogP contribution in [-0.2, 0) is 28.6 Å². The quantitative estimate of drug-likeness (QED) is 0.0261. The molecule has 0 spiro atoms. The third-order valence-corrected chi connectivity index (χ3v) is 16.3. The molecule has 0 saturated heterocycles. The molecule has 6 heteroatoms. The second kappa shape index (κ2) is 69.9. The molecule has 0 radical (unpaired) electrons. The highest BCUT2D eigenvalue weighted by Crippen LogP contribution is 2.19. The summed E-state index contributed by atoms with van der Waals surface area (Å²) >= 11 is 0. The van der Waals surface area contributed by atoms with Crippen molar-refractivity contribution in [3.05, 3.63) is 48.6 Å². The van der Waals surface area contributed by atoms with Crippen LogP contribution in [0.4, 0.5) is 0 Å². The second-order valence-corrected chi connectivity index (χ2v) is 24.5. The van der Waals surface area contributed by atoms with Crippen molar-refractivity contribution in [1.82, 2.24) is 0 Å². The van der Waals surface area contributed by atoms with Gasteiger partial charge in [0.25, 0.3) is 0 Å². The van der Waals surface area contributed by atoms with Gasteiger partial charge in [0.1, 0.15) is 13.2 Å². The van der Waals surface area contributed by atoms with E-state index in [-0.39, 0.29) is 31.1 Å². The highest BCUT2D eigenvalue weighted by molar-refractivity contribution is 5.71. The number of unbranched alkanes of at least 4 members (excludes halogenated alkanes) is 48. The molecular weight excluding hydrogens is 997 g/mol. The van der Waals surface area contributed by atoms with Crippen LogP contribution >= 0.6 is 0 Å². The standard InChI is InChI=1S/C75H138O6/c1-4-7-10-13-16-19-22-24-26-28-30-32-34-35-36-37-38-39-41-42-44-46-48-50-53-56-59-62-65-68-74(77)80-71-72(70-79-73(76)67-64-61-58-55-52-21-18-15-12-9-6-3)81-75(78)69-66-63-60-57-54-51-49-47-45-43-40-33-31-29-27-25-23-20-17-14-11-8-5-2/h8,11,17,20,25,27,31,33,72H,4-7,9-10,12-16,18-19,21-24,26,28-30,32,34-71H2,1-3H3/b11-8-,20-17-,27-25-,33-31-. The van der Waals surface area contributed by atoms with Gasteiger partial charge >= 0.3 is 17.9 Å². The van der Waals surface area contributed by atoms with E-state index in [1.54, 1.807) is 0 Å². The second-order valence-electron chi connectivity index (χ2n) is 24.5. The molecule has 0 aromatic carbocycles. The van der Waals surface area contributed by atoms with Crippen LogP contribution in [0.2, 0.25) is 0 Å². The number of esters is 3. The van der Waals surface area contributed by atoms with Crippen LogP contribution in [0.3, 0.4) is 0 Å². The normalized spacial score (nSPS) is 12.3. The first-order chi connectivity index (χ1) is 40.0. The largest absolute Gasteiger partial charge is 0.462 e. The predicted molar refractivity (Wildman–Crippen MR) is 353 cm³/mol. The average molecular weight is 1140 g/mol. The fourth-order valence-electron chi connectivity index (χ4n) is 11.0. The Morgan fingerprint density at radius 1 is 0.259 bits per heavy atom. The van der Waals surface area contributed by atoms with Gasteiger partial charge in [-0.3, -0.25) is 14.4 Å². The van der Waals surface area contributed by atoms with Gasteiger partial charge in [-0.1, -0.05) is 365 Å². The summed E-state index contributed by atoms with van der Waals surface area (Å²) in [5.74, 6) is -0.847. The lowest BCUT2D eigenvalue weighted by Gasteiger charge is -2.18. The molecule has 0 heterocycles. The van der Waals surface area contributed by atoms with Gasteiger partial charge in [0.2, 0.25) is 0 Å². The van der Waals surface area contributed by atoms with E-state index >= 15 is 0 Å². The van der Waals surface area contributed by atoms with Crippen molar-refractivity contribution >= 4 is 17.9 Å². The topological polar surface area (TPSA) is 78.9 Å². The molecule has 81 heavy (non-hydrogen) atoms. The van der Waals surface area contributed by atoms with E-state index in [0.29, 0.717) is 19.3 Å². The van der Waals surface area contributed by atoms with Gasteiger partial charge in [0.05, 0.1) is 0 Å². The summed E-state index contributed by atoms with van der Waals surface area (Å²) in [4.78, 5) is 38.4. The average Bonchev–Trinajstić information content (AvgIpc) is 3.47. The highest BCUT2D eigenvalue weighted by Gasteiger charge is 2.19. The molecular formula is C75H138O6. The number of rotatable bonds is 67. The zero-order chi connectivity index (χ0) is 58.5. The number of ether oxygens (including phenoxy) is 3. The van der Waals surface area contributed by atoms with Crippen LogP contribution in [0, 0.1) is 0 Å². The SMILES string of the molecule is CC/C=C\C/C=C\C/C=C\C/C=C\CCCCCCCCCCCCC(=O)OC(COC(=O)CCCCCCCCCCCCC)COC(=O)CCCCCCCCCCCCCCCCCCCCCCCCCCCCCCC. The van der Waals surface area contributed by atoms with Gasteiger partial charge in [-0.15, -0.1) is 0 Å². The molecule has 6 nitrogen and oxygen atoms in total. The van der Waals surface area contributed by atoms with Crippen molar-refractivity contribution in [2.75, 3.05) is 13.2 Å². The lowest BCUT2D eigenvalue weighted by Crippen LogP contribution is -2.30. The molecule has 474 valence electrons. The maximum absolute atomic E-state index is 12.9. The highest BCUT2D eigenvalue weighted by atomic mass is 16.6. The van der Waals surface area contributed by atoms with E-state index in [1.807, 2.05) is 0 Å². The first kappa shape index (κ1) is 78.4. The van der Waals surface area contributed by atoms with E-state index in [9.17, 15) is 14.4 Å². The monoisotopic (exact) mass is 1140 g/mol. The van der Waals surface area contributed by atoms with E-state index < -0.39 is 6.10 Å². The van der Waals surface area contributed by atoms with Crippen LogP contribution in [0.15, 0.2) is 48.6 Å². The fraction of sp³-hybridized carbons (Fsp3) is 0.853. The number of hydrogen-bond donors (Lipinski definition) is 0. The molecule has 1 atom stereocenters. The van der Waals surface area contributed by atoms with Gasteiger partial charge in [0, 0.05) is 19.3 Å². The number of carbonyl (C=O) groups excluding carboxylic acids is 3. The van der Waals surface area contributed by atoms with Gasteiger partial charge < -0.3 is 14.2 Å². The molecule has 0 aliphatic heterocycles. The Labute approximate surface area is 505 Å². The zero-order valence-corrected chi connectivity index (χ0v) is 54.6. The first-order valence-electron chi connectivity index (χ1n) is 36.1. The van der Waals surface area contributed by atoms with Gasteiger partial charge in [-0.25, -0.2) is 0 Å². The molecule has 0 aliphatic carbocycles. The number of carbonyl (C=O) groups is 3. The molecule has 0 fully saturated rings. The third-order valence-electron chi connectivity index (χ3n) is 16.3. The lowest BCUT2D eigenvalue weighted by molar-refractivity contribution is -0.167. The minimum Gasteiger partial charge on any atom is -0.462 e. The maximum atomic E-state index is 12.9. The number of hydrogen-bond acceptors (Lipinski definition) is 6. The van der Waals surface area contributed by atoms with Crippen LogP contribution in [0.1, 0.15) is 393 Å². The van der Waals surface area contributed by atoms with Crippen molar-refractivity contribution in [3.63, 3.8) is 0 Å². The van der Waals surface area contributed by atoms with E-state index in [2.05, 4.69) is 69.4 Å². The van der Waals surface area contributed by atoms with Gasteiger partial charge in [-0.05, 0) is 57.8 Å². The summed E-state index contributed by atoms with van der Waals surface area (Å²) in [6.07, 6.45) is 88.7. The summed E-state index contributed by atoms with van der Waals surface area (Å²) in [6, 6.07) is 0. The minimum absolute atomic E-state index is 0.0692. The van der Waals surface area contributed by atoms with Crippen LogP contribution in [0.5, 0.6) is 0 Å². The summed E-state index contributed by atoms with van der Waals surface area (Å²) in [5.41, 5.74) is 0. The maximum Gasteiger partial charge on any atom is 0.306 e. The first-order valence-corrected chi connectivity index (χ1v) is 36.1. The van der Waals surface area contributed by atoms with Crippen molar-refractivity contribution < 1.29 is 28.6 Å². The molecule has 0 amide bonds. The Morgan fingerprint density at radius 2 is 0.481 bits per heavy atom. The zero-order valence-electron chi connectivity index (χ0n) is 54.6. The van der Waals surface area contributed by atoms with E-state index in [0.717, 1.165) is 83.5 Å². The Kier molecular flexibility index (Phi) is 67.6. The molecule has 0 bridgehead atoms. The van der Waals surface area contributed by atoms with Crippen molar-refractivity contribution in [1.29, 1.82) is 0 Å². The molecule has 1 unspecified atom stereocenters. The summed E-state index contributed by atoms with van der Waals surface area (Å²) in [6.45, 7) is 6.59. The summed E-state index contributed by atoms with van der Waals surface area (Å²) < 4.78 is 17.0. The third kappa shape index (κ3) is 68.0. The van der Waals surface area contributed by atoms with Crippen molar-refractivity contribution in [2.45, 2.75) is 399 Å². The van der Waals surface area contributed by atoms with Crippen molar-refractivity contribution in [2.24, 2.45) is 0 Å².